The highest BCUT2D eigenvalue weighted by Crippen LogP contribution is 2.36. The second-order valence-corrected chi connectivity index (χ2v) is 7.00. The minimum absolute atomic E-state index is 0.356. The molecule has 9 heteroatoms. The third kappa shape index (κ3) is 4.41. The third-order valence-electron chi connectivity index (χ3n) is 3.75. The molecule has 0 saturated carbocycles. The molecule has 0 saturated heterocycles. The average molecular weight is 407 g/mol. The van der Waals surface area contributed by atoms with Gasteiger partial charge in [-0.2, -0.15) is 5.10 Å². The second kappa shape index (κ2) is 8.43. The molecule has 7 nitrogen and oxygen atoms in total. The molecule has 0 aliphatic carbocycles. The van der Waals surface area contributed by atoms with E-state index in [0.717, 1.165) is 5.56 Å². The smallest absolute Gasteiger partial charge is 0.417 e. The Labute approximate surface area is 165 Å². The molecule has 3 rings (SSSR count). The summed E-state index contributed by atoms with van der Waals surface area (Å²) in [5.41, 5.74) is 8.35. The van der Waals surface area contributed by atoms with Crippen LogP contribution < -0.4 is 20.5 Å². The van der Waals surface area contributed by atoms with Crippen LogP contribution in [0.2, 0.25) is 5.02 Å². The van der Waals surface area contributed by atoms with Crippen LogP contribution in [0.4, 0.5) is 10.5 Å². The number of benzene rings is 1. The molecule has 0 radical (unpaired) electrons. The Morgan fingerprint density at radius 3 is 2.85 bits per heavy atom. The predicted octanol–water partition coefficient (Wildman–Crippen LogP) is 4.06. The Morgan fingerprint density at radius 1 is 1.41 bits per heavy atom. The number of nitrogens with zero attached hydrogens (tertiary/aromatic N) is 2. The first-order chi connectivity index (χ1) is 13.0. The Hall–Kier alpha value is -2.55. The van der Waals surface area contributed by atoms with Gasteiger partial charge in [0, 0.05) is 30.4 Å². The van der Waals surface area contributed by atoms with Gasteiger partial charge < -0.3 is 15.2 Å². The number of halogens is 1. The first-order valence-electron chi connectivity index (χ1n) is 8.17. The van der Waals surface area contributed by atoms with Crippen LogP contribution in [-0.2, 0) is 7.05 Å². The number of ether oxygens (including phenoxy) is 2. The molecule has 1 aromatic carbocycles. The van der Waals surface area contributed by atoms with Crippen molar-refractivity contribution in [3.8, 4) is 22.1 Å². The Morgan fingerprint density at radius 2 is 2.22 bits per heavy atom. The number of aryl methyl sites for hydroxylation is 2. The number of hydrogen-bond acceptors (Lipinski definition) is 6. The number of carbonyl (C=O) groups is 1. The van der Waals surface area contributed by atoms with Crippen molar-refractivity contribution in [1.29, 1.82) is 0 Å². The molecule has 0 unspecified atom stereocenters. The minimum Gasteiger partial charge on any atom is -0.492 e. The Bertz CT molecular complexity index is 934. The van der Waals surface area contributed by atoms with E-state index < -0.39 is 6.09 Å². The second-order valence-electron chi connectivity index (χ2n) is 5.72. The van der Waals surface area contributed by atoms with E-state index in [-0.39, 0.29) is 0 Å². The van der Waals surface area contributed by atoms with E-state index in [4.69, 9.17) is 26.8 Å². The average Bonchev–Trinajstić information content (AvgIpc) is 3.19. The van der Waals surface area contributed by atoms with Crippen LogP contribution in [0.25, 0.3) is 11.3 Å². The van der Waals surface area contributed by atoms with E-state index in [1.807, 2.05) is 18.4 Å². The number of carbonyl (C=O) groups excluding carboxylic acids is 1. The number of anilines is 1. The van der Waals surface area contributed by atoms with Gasteiger partial charge in [-0.1, -0.05) is 11.6 Å². The summed E-state index contributed by atoms with van der Waals surface area (Å²) in [6.07, 6.45) is 0.982. The van der Waals surface area contributed by atoms with Gasteiger partial charge in [0.2, 0.25) is 0 Å². The molecule has 2 heterocycles. The molecular weight excluding hydrogens is 388 g/mol. The summed E-state index contributed by atoms with van der Waals surface area (Å²) in [5.74, 6) is 0.596. The number of nitrogens with two attached hydrogens (primary N) is 1. The summed E-state index contributed by atoms with van der Waals surface area (Å²) in [7, 11) is 1.78. The van der Waals surface area contributed by atoms with Gasteiger partial charge in [-0.05, 0) is 36.6 Å². The molecule has 3 N–H and O–H groups in total. The van der Waals surface area contributed by atoms with E-state index in [1.54, 1.807) is 36.1 Å². The van der Waals surface area contributed by atoms with Crippen molar-refractivity contribution in [2.24, 2.45) is 12.8 Å². The lowest BCUT2D eigenvalue weighted by Gasteiger charge is -2.14. The summed E-state index contributed by atoms with van der Waals surface area (Å²) < 4.78 is 12.7. The summed E-state index contributed by atoms with van der Waals surface area (Å²) in [6.45, 7) is 2.62. The largest absolute Gasteiger partial charge is 0.492 e. The van der Waals surface area contributed by atoms with Gasteiger partial charge in [-0.15, -0.1) is 11.3 Å². The number of nitrogens with one attached hydrogen (secondary N) is 1. The van der Waals surface area contributed by atoms with Gasteiger partial charge in [0.15, 0.2) is 5.06 Å². The van der Waals surface area contributed by atoms with Crippen molar-refractivity contribution < 1.29 is 14.3 Å². The number of amides is 1. The van der Waals surface area contributed by atoms with Crippen molar-refractivity contribution in [1.82, 2.24) is 9.78 Å². The lowest BCUT2D eigenvalue weighted by molar-refractivity contribution is 0.216. The molecule has 0 bridgehead atoms. The van der Waals surface area contributed by atoms with Gasteiger partial charge in [0.25, 0.3) is 0 Å². The summed E-state index contributed by atoms with van der Waals surface area (Å²) in [4.78, 5) is 12.2. The standard InChI is InChI=1S/C18H19ClN4O3S/c1-11-5-8-27-17(11)26-18(24)22-12-3-4-15(25-7-6-20)13(9-12)16-14(19)10-21-23(16)2/h3-5,8-10H,6-7,20H2,1-2H3,(H,22,24). The highest BCUT2D eigenvalue weighted by atomic mass is 35.5. The number of hydrogen-bond donors (Lipinski definition) is 2. The maximum Gasteiger partial charge on any atom is 0.417 e. The monoisotopic (exact) mass is 406 g/mol. The maximum absolute atomic E-state index is 12.2. The highest BCUT2D eigenvalue weighted by molar-refractivity contribution is 7.12. The van der Waals surface area contributed by atoms with Gasteiger partial charge in [0.05, 0.1) is 16.9 Å². The van der Waals surface area contributed by atoms with Crippen LogP contribution >= 0.6 is 22.9 Å². The SMILES string of the molecule is Cc1ccsc1OC(=O)Nc1ccc(OCCN)c(-c2c(Cl)cnn2C)c1. The first kappa shape index (κ1) is 19.2. The van der Waals surface area contributed by atoms with Crippen LogP contribution in [0.15, 0.2) is 35.8 Å². The van der Waals surface area contributed by atoms with Gasteiger partial charge >= 0.3 is 6.09 Å². The molecule has 142 valence electrons. The molecule has 0 aliphatic rings. The lowest BCUT2D eigenvalue weighted by Crippen LogP contribution is -2.17. The molecule has 1 amide bonds. The molecule has 27 heavy (non-hydrogen) atoms. The van der Waals surface area contributed by atoms with Crippen molar-refractivity contribution in [2.45, 2.75) is 6.92 Å². The number of rotatable bonds is 6. The van der Waals surface area contributed by atoms with Crippen LogP contribution in [0.3, 0.4) is 0 Å². The van der Waals surface area contributed by atoms with Gasteiger partial charge in [-0.3, -0.25) is 10.00 Å². The molecule has 0 fully saturated rings. The van der Waals surface area contributed by atoms with E-state index in [2.05, 4.69) is 10.4 Å². The lowest BCUT2D eigenvalue weighted by atomic mass is 10.1. The molecular formula is C18H19ClN4O3S. The zero-order chi connectivity index (χ0) is 19.4. The predicted molar refractivity (Wildman–Crippen MR) is 107 cm³/mol. The molecule has 2 aromatic heterocycles. The summed E-state index contributed by atoms with van der Waals surface area (Å²) in [6, 6.07) is 7.12. The van der Waals surface area contributed by atoms with E-state index in [1.165, 1.54) is 11.3 Å². The van der Waals surface area contributed by atoms with Crippen molar-refractivity contribution in [3.63, 3.8) is 0 Å². The molecule has 0 aliphatic heterocycles. The fourth-order valence-corrected chi connectivity index (χ4v) is 3.53. The normalized spacial score (nSPS) is 10.7. The highest BCUT2D eigenvalue weighted by Gasteiger charge is 2.17. The van der Waals surface area contributed by atoms with Gasteiger partial charge in [0.1, 0.15) is 12.4 Å². The van der Waals surface area contributed by atoms with Crippen molar-refractivity contribution in [3.05, 3.63) is 46.4 Å². The fourth-order valence-electron chi connectivity index (χ4n) is 2.49. The van der Waals surface area contributed by atoms with Crippen LogP contribution in [0, 0.1) is 6.92 Å². The minimum atomic E-state index is -0.571. The Kier molecular flexibility index (Phi) is 6.00. The van der Waals surface area contributed by atoms with Crippen molar-refractivity contribution in [2.75, 3.05) is 18.5 Å². The molecule has 3 aromatic rings. The number of aromatic nitrogens is 2. The quantitative estimate of drug-likeness (QED) is 0.644. The number of thiophene rings is 1. The van der Waals surface area contributed by atoms with E-state index in [0.29, 0.717) is 45.9 Å². The zero-order valence-electron chi connectivity index (χ0n) is 14.9. The summed E-state index contributed by atoms with van der Waals surface area (Å²) >= 11 is 7.64. The zero-order valence-corrected chi connectivity index (χ0v) is 16.4. The van der Waals surface area contributed by atoms with E-state index in [9.17, 15) is 4.79 Å². The Balaban J connectivity index is 1.87. The van der Waals surface area contributed by atoms with Gasteiger partial charge in [-0.25, -0.2) is 4.79 Å². The molecule has 0 spiro atoms. The summed E-state index contributed by atoms with van der Waals surface area (Å²) in [5, 5.41) is 9.78. The van der Waals surface area contributed by atoms with Crippen LogP contribution in [0.1, 0.15) is 5.56 Å². The van der Waals surface area contributed by atoms with Crippen molar-refractivity contribution >= 4 is 34.7 Å². The van der Waals surface area contributed by atoms with Crippen LogP contribution in [0.5, 0.6) is 10.8 Å². The maximum atomic E-state index is 12.2. The fraction of sp³-hybridized carbons (Fsp3) is 0.222. The first-order valence-corrected chi connectivity index (χ1v) is 9.43. The van der Waals surface area contributed by atoms with Crippen LogP contribution in [-0.4, -0.2) is 29.0 Å². The molecule has 0 atom stereocenters. The topological polar surface area (TPSA) is 91.4 Å². The van der Waals surface area contributed by atoms with E-state index >= 15 is 0 Å². The third-order valence-corrected chi connectivity index (χ3v) is 4.92.